The molecule has 1 amide bonds. The molecule has 6 nitrogen and oxygen atoms in total. The fraction of sp³-hybridized carbons (Fsp3) is 0.353. The Bertz CT molecular complexity index is 947. The summed E-state index contributed by atoms with van der Waals surface area (Å²) >= 11 is 0. The van der Waals surface area contributed by atoms with Gasteiger partial charge in [-0.05, 0) is 36.4 Å². The van der Waals surface area contributed by atoms with Gasteiger partial charge in [-0.2, -0.15) is 13.2 Å². The molecule has 1 fully saturated rings. The number of carbonyl (C=O) groups excluding carboxylic acids is 1. The van der Waals surface area contributed by atoms with E-state index < -0.39 is 18.0 Å². The zero-order valence-corrected chi connectivity index (χ0v) is 13.6. The number of alkyl halides is 3. The van der Waals surface area contributed by atoms with Gasteiger partial charge in [0.05, 0.1) is 5.92 Å². The number of carbonyl (C=O) groups is 1. The maximum Gasteiger partial charge on any atom is 0.470 e. The molecule has 0 saturated carbocycles. The number of benzene rings is 1. The first-order valence-corrected chi connectivity index (χ1v) is 8.19. The van der Waals surface area contributed by atoms with Gasteiger partial charge in [-0.15, -0.1) is 10.2 Å². The zero-order chi connectivity index (χ0) is 18.3. The van der Waals surface area contributed by atoms with E-state index in [2.05, 4.69) is 15.2 Å². The van der Waals surface area contributed by atoms with Crippen molar-refractivity contribution >= 4 is 16.8 Å². The van der Waals surface area contributed by atoms with Crippen LogP contribution < -0.4 is 0 Å². The second-order valence-corrected chi connectivity index (χ2v) is 6.31. The second-order valence-electron chi connectivity index (χ2n) is 6.31. The van der Waals surface area contributed by atoms with Crippen LogP contribution in [-0.2, 0) is 6.18 Å². The molecule has 1 atom stereocenters. The lowest BCUT2D eigenvalue weighted by atomic mass is 9.97. The number of hydrogen-bond donors (Lipinski definition) is 1. The minimum absolute atomic E-state index is 0.0744. The first-order chi connectivity index (χ1) is 12.4. The number of fused-ring (bicyclic) bond motifs is 1. The molecule has 0 aliphatic carbocycles. The van der Waals surface area contributed by atoms with Crippen molar-refractivity contribution in [3.8, 4) is 0 Å². The highest BCUT2D eigenvalue weighted by molar-refractivity contribution is 5.98. The first-order valence-electron chi connectivity index (χ1n) is 8.19. The highest BCUT2D eigenvalue weighted by Gasteiger charge is 2.39. The third-order valence-corrected chi connectivity index (χ3v) is 4.54. The second kappa shape index (κ2) is 6.15. The minimum atomic E-state index is -4.67. The van der Waals surface area contributed by atoms with Crippen LogP contribution >= 0.6 is 0 Å². The number of likely N-dealkylation sites (tertiary alicyclic amines) is 1. The van der Waals surface area contributed by atoms with Crippen molar-refractivity contribution in [3.05, 3.63) is 47.8 Å². The SMILES string of the molecule is O=C(c1ccc2cc[nH]c2c1)N1CCC[C@@H](c2nnc(C(F)(F)F)o2)C1. The van der Waals surface area contributed by atoms with Crippen molar-refractivity contribution in [1.82, 2.24) is 20.1 Å². The van der Waals surface area contributed by atoms with Gasteiger partial charge in [0.25, 0.3) is 5.91 Å². The lowest BCUT2D eigenvalue weighted by Gasteiger charge is -2.31. The third-order valence-electron chi connectivity index (χ3n) is 4.54. The molecule has 1 aromatic carbocycles. The standard InChI is InChI=1S/C17H15F3N4O2/c18-17(19,20)16-23-22-14(26-16)12-2-1-7-24(9-12)15(25)11-4-3-10-5-6-21-13(10)8-11/h3-6,8,12,21H,1-2,7,9H2/t12-/m1/s1. The van der Waals surface area contributed by atoms with Crippen LogP contribution in [0.4, 0.5) is 13.2 Å². The Kier molecular flexibility index (Phi) is 3.93. The fourth-order valence-electron chi connectivity index (χ4n) is 3.24. The summed E-state index contributed by atoms with van der Waals surface area (Å²) in [5.41, 5.74) is 1.39. The molecule has 1 N–H and O–H groups in total. The number of nitrogens with one attached hydrogen (secondary N) is 1. The maximum atomic E-state index is 12.8. The number of piperidine rings is 1. The molecule has 0 radical (unpaired) electrons. The fourth-order valence-corrected chi connectivity index (χ4v) is 3.24. The Morgan fingerprint density at radius 2 is 2.12 bits per heavy atom. The minimum Gasteiger partial charge on any atom is -0.417 e. The van der Waals surface area contributed by atoms with E-state index in [0.29, 0.717) is 24.9 Å². The lowest BCUT2D eigenvalue weighted by Crippen LogP contribution is -2.39. The smallest absolute Gasteiger partial charge is 0.417 e. The molecule has 0 bridgehead atoms. The average Bonchev–Trinajstić information content (AvgIpc) is 3.29. The van der Waals surface area contributed by atoms with Crippen LogP contribution in [-0.4, -0.2) is 39.1 Å². The zero-order valence-electron chi connectivity index (χ0n) is 13.6. The predicted molar refractivity (Wildman–Crippen MR) is 85.5 cm³/mol. The highest BCUT2D eigenvalue weighted by atomic mass is 19.4. The normalized spacial score (nSPS) is 18.4. The van der Waals surface area contributed by atoms with Crippen LogP contribution in [0.3, 0.4) is 0 Å². The van der Waals surface area contributed by atoms with Gasteiger partial charge in [-0.25, -0.2) is 0 Å². The third kappa shape index (κ3) is 3.04. The maximum absolute atomic E-state index is 12.8. The summed E-state index contributed by atoms with van der Waals surface area (Å²) in [4.78, 5) is 17.5. The van der Waals surface area contributed by atoms with E-state index in [1.165, 1.54) is 0 Å². The van der Waals surface area contributed by atoms with E-state index in [4.69, 9.17) is 4.42 Å². The quantitative estimate of drug-likeness (QED) is 0.754. The largest absolute Gasteiger partial charge is 0.470 e. The number of nitrogens with zero attached hydrogens (tertiary/aromatic N) is 3. The van der Waals surface area contributed by atoms with Crippen molar-refractivity contribution < 1.29 is 22.4 Å². The number of aromatic nitrogens is 3. The van der Waals surface area contributed by atoms with Crippen molar-refractivity contribution in [3.63, 3.8) is 0 Å². The van der Waals surface area contributed by atoms with Gasteiger partial charge in [0.15, 0.2) is 0 Å². The molecule has 3 heterocycles. The summed E-state index contributed by atoms with van der Waals surface area (Å²) in [5.74, 6) is -1.99. The highest BCUT2D eigenvalue weighted by Crippen LogP contribution is 2.32. The molecule has 2 aromatic heterocycles. The summed E-state index contributed by atoms with van der Waals surface area (Å²) in [6, 6.07) is 7.29. The first kappa shape index (κ1) is 16.6. The van der Waals surface area contributed by atoms with Gasteiger partial charge in [0.1, 0.15) is 0 Å². The monoisotopic (exact) mass is 364 g/mol. The van der Waals surface area contributed by atoms with Crippen molar-refractivity contribution in [1.29, 1.82) is 0 Å². The van der Waals surface area contributed by atoms with Crippen LogP contribution in [0.25, 0.3) is 10.9 Å². The molecule has 9 heteroatoms. The molecule has 0 spiro atoms. The summed E-state index contributed by atoms with van der Waals surface area (Å²) in [6.07, 6.45) is -1.62. The molecular weight excluding hydrogens is 349 g/mol. The Morgan fingerprint density at radius 3 is 2.88 bits per heavy atom. The molecule has 26 heavy (non-hydrogen) atoms. The van der Waals surface area contributed by atoms with Crippen molar-refractivity contribution in [2.24, 2.45) is 0 Å². The van der Waals surface area contributed by atoms with Crippen LogP contribution in [0.2, 0.25) is 0 Å². The van der Waals surface area contributed by atoms with E-state index in [0.717, 1.165) is 10.9 Å². The van der Waals surface area contributed by atoms with Gasteiger partial charge in [-0.1, -0.05) is 6.07 Å². The van der Waals surface area contributed by atoms with Crippen molar-refractivity contribution in [2.45, 2.75) is 24.9 Å². The van der Waals surface area contributed by atoms with Crippen LogP contribution in [0.1, 0.15) is 40.9 Å². The lowest BCUT2D eigenvalue weighted by molar-refractivity contribution is -0.157. The van der Waals surface area contributed by atoms with E-state index in [9.17, 15) is 18.0 Å². The molecule has 0 unspecified atom stereocenters. The summed E-state index contributed by atoms with van der Waals surface area (Å²) in [5, 5.41) is 7.60. The number of halogens is 3. The Balaban J connectivity index is 1.52. The molecule has 4 rings (SSSR count). The van der Waals surface area contributed by atoms with Gasteiger partial charge in [0.2, 0.25) is 5.89 Å². The number of rotatable bonds is 2. The molecule has 1 aliphatic rings. The topological polar surface area (TPSA) is 75.0 Å². The van der Waals surface area contributed by atoms with E-state index in [1.807, 2.05) is 12.1 Å². The van der Waals surface area contributed by atoms with Crippen molar-refractivity contribution in [2.75, 3.05) is 13.1 Å². The summed E-state index contributed by atoms with van der Waals surface area (Å²) < 4.78 is 42.7. The van der Waals surface area contributed by atoms with Gasteiger partial charge in [0, 0.05) is 30.4 Å². The van der Waals surface area contributed by atoms with Crippen LogP contribution in [0, 0.1) is 0 Å². The van der Waals surface area contributed by atoms with Gasteiger partial charge < -0.3 is 14.3 Å². The Morgan fingerprint density at radius 1 is 1.27 bits per heavy atom. The van der Waals surface area contributed by atoms with Gasteiger partial charge in [-0.3, -0.25) is 4.79 Å². The summed E-state index contributed by atoms with van der Waals surface area (Å²) in [7, 11) is 0. The molecule has 136 valence electrons. The molecule has 1 aliphatic heterocycles. The molecular formula is C17H15F3N4O2. The number of H-pyrrole nitrogens is 1. The Hall–Kier alpha value is -2.84. The van der Waals surface area contributed by atoms with E-state index >= 15 is 0 Å². The van der Waals surface area contributed by atoms with E-state index in [-0.39, 0.29) is 18.3 Å². The molecule has 3 aromatic rings. The summed E-state index contributed by atoms with van der Waals surface area (Å²) in [6.45, 7) is 0.791. The molecule has 1 saturated heterocycles. The van der Waals surface area contributed by atoms with Crippen LogP contribution in [0.15, 0.2) is 34.9 Å². The Labute approximate surface area is 146 Å². The average molecular weight is 364 g/mol. The number of aromatic amines is 1. The number of hydrogen-bond acceptors (Lipinski definition) is 4. The van der Waals surface area contributed by atoms with E-state index in [1.54, 1.807) is 23.2 Å². The van der Waals surface area contributed by atoms with Crippen LogP contribution in [0.5, 0.6) is 0 Å². The predicted octanol–water partition coefficient (Wildman–Crippen LogP) is 3.59. The van der Waals surface area contributed by atoms with Gasteiger partial charge >= 0.3 is 12.1 Å². The number of amides is 1.